The van der Waals surface area contributed by atoms with Crippen LogP contribution >= 0.6 is 0 Å². The molecule has 2 rings (SSSR count). The Morgan fingerprint density at radius 1 is 1.35 bits per heavy atom. The molecule has 2 heterocycles. The highest BCUT2D eigenvalue weighted by atomic mass is 16.2. The summed E-state index contributed by atoms with van der Waals surface area (Å²) in [7, 11) is 1.87. The van der Waals surface area contributed by atoms with E-state index in [2.05, 4.69) is 25.8 Å². The molecule has 0 atom stereocenters. The van der Waals surface area contributed by atoms with E-state index < -0.39 is 0 Å². The Labute approximate surface area is 120 Å². The third-order valence-corrected chi connectivity index (χ3v) is 3.46. The maximum atomic E-state index is 11.7. The molecule has 0 bridgehead atoms. The number of hydrogen-bond donors (Lipinski definition) is 3. The van der Waals surface area contributed by atoms with E-state index in [4.69, 9.17) is 0 Å². The summed E-state index contributed by atoms with van der Waals surface area (Å²) in [5.74, 6) is 1.02. The fourth-order valence-corrected chi connectivity index (χ4v) is 2.33. The summed E-state index contributed by atoms with van der Waals surface area (Å²) in [5, 5.41) is 8.85. The van der Waals surface area contributed by atoms with E-state index in [0.29, 0.717) is 6.54 Å². The number of rotatable bonds is 5. The number of hydrogen-bond acceptors (Lipinski definition) is 4. The van der Waals surface area contributed by atoms with Crippen LogP contribution in [-0.2, 0) is 0 Å². The second kappa shape index (κ2) is 7.69. The van der Waals surface area contributed by atoms with Crippen molar-refractivity contribution in [2.45, 2.75) is 18.9 Å². The average Bonchev–Trinajstić information content (AvgIpc) is 2.49. The van der Waals surface area contributed by atoms with E-state index in [-0.39, 0.29) is 12.1 Å². The summed E-state index contributed by atoms with van der Waals surface area (Å²) in [6.07, 6.45) is 3.72. The van der Waals surface area contributed by atoms with Crippen molar-refractivity contribution in [3.63, 3.8) is 0 Å². The first-order valence-electron chi connectivity index (χ1n) is 7.14. The molecule has 1 aliphatic heterocycles. The monoisotopic (exact) mass is 277 g/mol. The van der Waals surface area contributed by atoms with Gasteiger partial charge in [-0.1, -0.05) is 6.07 Å². The van der Waals surface area contributed by atoms with E-state index in [0.717, 1.165) is 38.3 Å². The first kappa shape index (κ1) is 14.6. The number of anilines is 1. The second-order valence-electron chi connectivity index (χ2n) is 4.95. The normalized spacial score (nSPS) is 15.9. The zero-order chi connectivity index (χ0) is 14.2. The van der Waals surface area contributed by atoms with Gasteiger partial charge in [0.1, 0.15) is 5.82 Å². The van der Waals surface area contributed by atoms with Crippen LogP contribution in [0.15, 0.2) is 24.4 Å². The molecule has 1 fully saturated rings. The molecule has 6 nitrogen and oxygen atoms in total. The Morgan fingerprint density at radius 3 is 2.80 bits per heavy atom. The van der Waals surface area contributed by atoms with Crippen LogP contribution < -0.4 is 20.9 Å². The minimum Gasteiger partial charge on any atom is -0.356 e. The van der Waals surface area contributed by atoms with E-state index in [1.165, 1.54) is 0 Å². The summed E-state index contributed by atoms with van der Waals surface area (Å²) in [6.45, 7) is 3.29. The van der Waals surface area contributed by atoms with Gasteiger partial charge in [-0.25, -0.2) is 9.78 Å². The molecule has 110 valence electrons. The van der Waals surface area contributed by atoms with E-state index >= 15 is 0 Å². The number of likely N-dealkylation sites (N-methyl/N-ethyl adjacent to an activating group) is 1. The highest BCUT2D eigenvalue weighted by molar-refractivity contribution is 5.74. The highest BCUT2D eigenvalue weighted by Gasteiger charge is 2.21. The molecule has 0 radical (unpaired) electrons. The van der Waals surface area contributed by atoms with Crippen LogP contribution in [0.4, 0.5) is 10.6 Å². The quantitative estimate of drug-likeness (QED) is 0.688. The Hall–Kier alpha value is -1.82. The Balaban J connectivity index is 1.70. The molecule has 0 aliphatic carbocycles. The lowest BCUT2D eigenvalue weighted by Gasteiger charge is -2.33. The number of carbonyl (C=O) groups excluding carboxylic acids is 1. The maximum Gasteiger partial charge on any atom is 0.315 e. The lowest BCUT2D eigenvalue weighted by molar-refractivity contribution is 0.234. The van der Waals surface area contributed by atoms with Crippen LogP contribution in [-0.4, -0.2) is 50.3 Å². The SMILES string of the molecule is CNCCNC(=O)NC1CCN(c2ccccn2)CC1. The van der Waals surface area contributed by atoms with Gasteiger partial charge in [-0.2, -0.15) is 0 Å². The lowest BCUT2D eigenvalue weighted by atomic mass is 10.1. The van der Waals surface area contributed by atoms with Gasteiger partial charge in [0.05, 0.1) is 0 Å². The average molecular weight is 277 g/mol. The zero-order valence-electron chi connectivity index (χ0n) is 11.9. The number of aromatic nitrogens is 1. The van der Waals surface area contributed by atoms with Gasteiger partial charge in [0.2, 0.25) is 0 Å². The van der Waals surface area contributed by atoms with Crippen LogP contribution in [0.1, 0.15) is 12.8 Å². The van der Waals surface area contributed by atoms with Gasteiger partial charge in [0.25, 0.3) is 0 Å². The number of pyridine rings is 1. The Kier molecular flexibility index (Phi) is 5.61. The molecule has 1 aromatic heterocycles. The number of urea groups is 1. The third kappa shape index (κ3) is 4.38. The maximum absolute atomic E-state index is 11.7. The largest absolute Gasteiger partial charge is 0.356 e. The van der Waals surface area contributed by atoms with Crippen LogP contribution in [0.5, 0.6) is 0 Å². The first-order chi connectivity index (χ1) is 9.79. The fraction of sp³-hybridized carbons (Fsp3) is 0.571. The zero-order valence-corrected chi connectivity index (χ0v) is 11.9. The van der Waals surface area contributed by atoms with E-state index in [1.54, 1.807) is 0 Å². The summed E-state index contributed by atoms with van der Waals surface area (Å²) in [5.41, 5.74) is 0. The van der Waals surface area contributed by atoms with Gasteiger partial charge in [0.15, 0.2) is 0 Å². The summed E-state index contributed by atoms with van der Waals surface area (Å²) >= 11 is 0. The smallest absolute Gasteiger partial charge is 0.315 e. The standard InChI is InChI=1S/C14H23N5O/c1-15-8-9-17-14(20)18-12-5-10-19(11-6-12)13-4-2-3-7-16-13/h2-4,7,12,15H,5-6,8-11H2,1H3,(H2,17,18,20). The van der Waals surface area contributed by atoms with Crippen LogP contribution in [0.3, 0.4) is 0 Å². The lowest BCUT2D eigenvalue weighted by Crippen LogP contribution is -2.48. The molecule has 6 heteroatoms. The molecule has 2 amide bonds. The number of piperidine rings is 1. The fourth-order valence-electron chi connectivity index (χ4n) is 2.33. The molecule has 1 aliphatic rings. The van der Waals surface area contributed by atoms with Gasteiger partial charge >= 0.3 is 6.03 Å². The Morgan fingerprint density at radius 2 is 2.15 bits per heavy atom. The Bertz CT molecular complexity index is 403. The van der Waals surface area contributed by atoms with Crippen molar-refractivity contribution in [3.8, 4) is 0 Å². The molecule has 0 saturated carbocycles. The van der Waals surface area contributed by atoms with Crippen LogP contribution in [0, 0.1) is 0 Å². The van der Waals surface area contributed by atoms with Crippen molar-refractivity contribution in [2.24, 2.45) is 0 Å². The van der Waals surface area contributed by atoms with Gasteiger partial charge in [-0.05, 0) is 32.0 Å². The molecule has 1 aromatic rings. The number of nitrogens with one attached hydrogen (secondary N) is 3. The predicted octanol–water partition coefficient (Wildman–Crippen LogP) is 0.569. The highest BCUT2D eigenvalue weighted by Crippen LogP contribution is 2.16. The predicted molar refractivity (Wildman–Crippen MR) is 79.9 cm³/mol. The number of carbonyl (C=O) groups is 1. The van der Waals surface area contributed by atoms with Crippen LogP contribution in [0.2, 0.25) is 0 Å². The van der Waals surface area contributed by atoms with Crippen molar-refractivity contribution >= 4 is 11.8 Å². The minimum absolute atomic E-state index is 0.0727. The summed E-state index contributed by atoms with van der Waals surface area (Å²) in [6, 6.07) is 6.13. The van der Waals surface area contributed by atoms with Gasteiger partial charge in [-0.3, -0.25) is 0 Å². The summed E-state index contributed by atoms with van der Waals surface area (Å²) < 4.78 is 0. The van der Waals surface area contributed by atoms with E-state index in [9.17, 15) is 4.79 Å². The van der Waals surface area contributed by atoms with Crippen molar-refractivity contribution < 1.29 is 4.79 Å². The van der Waals surface area contributed by atoms with Gasteiger partial charge in [0, 0.05) is 38.4 Å². The molecule has 0 aromatic carbocycles. The second-order valence-corrected chi connectivity index (χ2v) is 4.95. The molecule has 0 unspecified atom stereocenters. The molecule has 0 spiro atoms. The molecule has 3 N–H and O–H groups in total. The number of amides is 2. The topological polar surface area (TPSA) is 69.3 Å². The molecule has 20 heavy (non-hydrogen) atoms. The third-order valence-electron chi connectivity index (χ3n) is 3.46. The summed E-state index contributed by atoms with van der Waals surface area (Å²) in [4.78, 5) is 18.3. The van der Waals surface area contributed by atoms with E-state index in [1.807, 2.05) is 31.4 Å². The number of nitrogens with zero attached hydrogens (tertiary/aromatic N) is 2. The molecule has 1 saturated heterocycles. The van der Waals surface area contributed by atoms with Crippen LogP contribution in [0.25, 0.3) is 0 Å². The van der Waals surface area contributed by atoms with Crippen molar-refractivity contribution in [1.29, 1.82) is 0 Å². The first-order valence-corrected chi connectivity index (χ1v) is 7.14. The molecular formula is C14H23N5O. The van der Waals surface area contributed by atoms with Gasteiger partial charge < -0.3 is 20.9 Å². The van der Waals surface area contributed by atoms with Crippen molar-refractivity contribution in [1.82, 2.24) is 20.9 Å². The minimum atomic E-state index is -0.0727. The van der Waals surface area contributed by atoms with Gasteiger partial charge in [-0.15, -0.1) is 0 Å². The van der Waals surface area contributed by atoms with Crippen molar-refractivity contribution in [2.75, 3.05) is 38.1 Å². The molecular weight excluding hydrogens is 254 g/mol. The van der Waals surface area contributed by atoms with Crippen molar-refractivity contribution in [3.05, 3.63) is 24.4 Å².